The van der Waals surface area contributed by atoms with E-state index in [1.165, 1.54) is 0 Å². The molecule has 3 N–H and O–H groups in total. The number of para-hydroxylation sites is 1. The fourth-order valence-electron chi connectivity index (χ4n) is 3.03. The van der Waals surface area contributed by atoms with Crippen molar-refractivity contribution < 1.29 is 9.90 Å². The van der Waals surface area contributed by atoms with Crippen LogP contribution in [0.5, 0.6) is 5.75 Å². The van der Waals surface area contributed by atoms with Crippen molar-refractivity contribution in [3.8, 4) is 17.0 Å². The molecule has 0 saturated heterocycles. The number of carbonyl (C=O) groups excluding carboxylic acids is 1. The number of aromatic amines is 1. The van der Waals surface area contributed by atoms with Crippen molar-refractivity contribution in [1.29, 1.82) is 0 Å². The van der Waals surface area contributed by atoms with Crippen LogP contribution in [0.2, 0.25) is 0 Å². The number of hydrogen-bond acceptors (Lipinski definition) is 4. The van der Waals surface area contributed by atoms with Gasteiger partial charge in [-0.15, -0.1) is 0 Å². The Hall–Kier alpha value is -3.87. The van der Waals surface area contributed by atoms with Crippen molar-refractivity contribution in [2.45, 2.75) is 12.6 Å². The molecule has 1 amide bonds. The zero-order valence-corrected chi connectivity index (χ0v) is 15.0. The summed E-state index contributed by atoms with van der Waals surface area (Å²) < 4.78 is 1.92. The highest BCUT2D eigenvalue weighted by Gasteiger charge is 2.19. The Morgan fingerprint density at radius 2 is 1.93 bits per heavy atom. The van der Waals surface area contributed by atoms with Gasteiger partial charge in [0.15, 0.2) is 0 Å². The lowest BCUT2D eigenvalue weighted by Gasteiger charge is -2.19. The molecule has 0 aliphatic carbocycles. The summed E-state index contributed by atoms with van der Waals surface area (Å²) in [5.74, 6) is -0.161. The molecule has 0 saturated carbocycles. The average Bonchev–Trinajstić information content (AvgIpc) is 3.41. The van der Waals surface area contributed by atoms with Gasteiger partial charge < -0.3 is 15.0 Å². The minimum Gasteiger partial charge on any atom is -0.507 e. The first-order chi connectivity index (χ1) is 13.7. The van der Waals surface area contributed by atoms with E-state index in [0.717, 1.165) is 5.56 Å². The van der Waals surface area contributed by atoms with Crippen molar-refractivity contribution in [2.24, 2.45) is 0 Å². The number of hydrogen-bond donors (Lipinski definition) is 3. The third kappa shape index (κ3) is 3.78. The molecule has 0 bridgehead atoms. The van der Waals surface area contributed by atoms with Crippen LogP contribution >= 0.6 is 0 Å². The van der Waals surface area contributed by atoms with Crippen LogP contribution in [0.3, 0.4) is 0 Å². The lowest BCUT2D eigenvalue weighted by Crippen LogP contribution is -2.31. The van der Waals surface area contributed by atoms with E-state index in [4.69, 9.17) is 0 Å². The third-order valence-electron chi connectivity index (χ3n) is 4.46. The highest BCUT2D eigenvalue weighted by molar-refractivity contribution is 5.93. The van der Waals surface area contributed by atoms with Gasteiger partial charge in [-0.3, -0.25) is 9.89 Å². The first kappa shape index (κ1) is 17.5. The third-order valence-corrected chi connectivity index (χ3v) is 4.46. The number of rotatable bonds is 6. The Kier molecular flexibility index (Phi) is 4.88. The monoisotopic (exact) mass is 373 g/mol. The van der Waals surface area contributed by atoms with Crippen LogP contribution in [-0.4, -0.2) is 30.8 Å². The molecule has 2 aromatic carbocycles. The number of phenolic OH excluding ortho intramolecular Hbond substituents is 1. The van der Waals surface area contributed by atoms with E-state index >= 15 is 0 Å². The molecule has 2 aromatic heterocycles. The molecule has 140 valence electrons. The maximum atomic E-state index is 12.8. The SMILES string of the molecule is O=C(N[C@H](Cn1ccnc1)c1ccccc1)c1cc(-c2ccccc2O)n[nH]1. The number of benzene rings is 2. The van der Waals surface area contributed by atoms with Crippen molar-refractivity contribution in [1.82, 2.24) is 25.1 Å². The molecule has 0 fully saturated rings. The van der Waals surface area contributed by atoms with Gasteiger partial charge in [0, 0.05) is 24.5 Å². The lowest BCUT2D eigenvalue weighted by atomic mass is 10.1. The predicted molar refractivity (Wildman–Crippen MR) is 105 cm³/mol. The Labute approximate surface area is 161 Å². The molecule has 0 aliphatic heterocycles. The van der Waals surface area contributed by atoms with Gasteiger partial charge in [-0.05, 0) is 23.8 Å². The van der Waals surface area contributed by atoms with Crippen LogP contribution in [-0.2, 0) is 6.54 Å². The molecule has 2 heterocycles. The molecular weight excluding hydrogens is 354 g/mol. The van der Waals surface area contributed by atoms with E-state index < -0.39 is 0 Å². The molecular formula is C21H19N5O2. The van der Waals surface area contributed by atoms with Crippen LogP contribution in [0.15, 0.2) is 79.4 Å². The molecule has 4 aromatic rings. The van der Waals surface area contributed by atoms with Gasteiger partial charge in [0.2, 0.25) is 0 Å². The summed E-state index contributed by atoms with van der Waals surface area (Å²) in [7, 11) is 0. The first-order valence-electron chi connectivity index (χ1n) is 8.86. The number of nitrogens with zero attached hydrogens (tertiary/aromatic N) is 3. The van der Waals surface area contributed by atoms with E-state index in [1.807, 2.05) is 41.1 Å². The van der Waals surface area contributed by atoms with Gasteiger partial charge in [0.25, 0.3) is 5.91 Å². The summed E-state index contributed by atoms with van der Waals surface area (Å²) >= 11 is 0. The second kappa shape index (κ2) is 7.79. The second-order valence-corrected chi connectivity index (χ2v) is 6.38. The van der Waals surface area contributed by atoms with Crippen LogP contribution in [0.1, 0.15) is 22.1 Å². The summed E-state index contributed by atoms with van der Waals surface area (Å²) in [5, 5.41) is 20.0. The largest absolute Gasteiger partial charge is 0.507 e. The first-order valence-corrected chi connectivity index (χ1v) is 8.86. The van der Waals surface area contributed by atoms with E-state index in [1.54, 1.807) is 42.9 Å². The quantitative estimate of drug-likeness (QED) is 0.484. The number of aromatic nitrogens is 4. The van der Waals surface area contributed by atoms with Gasteiger partial charge in [-0.25, -0.2) is 4.98 Å². The van der Waals surface area contributed by atoms with Crippen LogP contribution in [0.4, 0.5) is 0 Å². The number of carbonyl (C=O) groups is 1. The van der Waals surface area contributed by atoms with Gasteiger partial charge >= 0.3 is 0 Å². The fraction of sp³-hybridized carbons (Fsp3) is 0.0952. The van der Waals surface area contributed by atoms with E-state index in [-0.39, 0.29) is 17.7 Å². The van der Waals surface area contributed by atoms with Crippen LogP contribution in [0, 0.1) is 0 Å². The van der Waals surface area contributed by atoms with Crippen molar-refractivity contribution in [3.05, 3.63) is 90.6 Å². The molecule has 0 aliphatic rings. The number of aromatic hydroxyl groups is 1. The second-order valence-electron chi connectivity index (χ2n) is 6.38. The standard InChI is InChI=1S/C21H19N5O2/c27-20-9-5-4-8-16(20)17-12-18(25-24-17)21(28)23-19(13-26-11-10-22-14-26)15-6-2-1-3-7-15/h1-12,14,19,27H,13H2,(H,23,28)(H,24,25)/t19-/m1/s1. The predicted octanol–water partition coefficient (Wildman–Crippen LogP) is 3.15. The van der Waals surface area contributed by atoms with Gasteiger partial charge in [-0.1, -0.05) is 42.5 Å². The summed E-state index contributed by atoms with van der Waals surface area (Å²) in [6.07, 6.45) is 5.28. The number of phenols is 1. The van der Waals surface area contributed by atoms with Gasteiger partial charge in [0.05, 0.1) is 18.1 Å². The molecule has 7 nitrogen and oxygen atoms in total. The van der Waals surface area contributed by atoms with Crippen LogP contribution < -0.4 is 5.32 Å². The number of H-pyrrole nitrogens is 1. The number of imidazole rings is 1. The molecule has 0 radical (unpaired) electrons. The molecule has 1 atom stereocenters. The van der Waals surface area contributed by atoms with E-state index in [9.17, 15) is 9.90 Å². The Balaban J connectivity index is 1.55. The summed E-state index contributed by atoms with van der Waals surface area (Å²) in [4.78, 5) is 16.9. The lowest BCUT2D eigenvalue weighted by molar-refractivity contribution is 0.0927. The molecule has 4 rings (SSSR count). The highest BCUT2D eigenvalue weighted by atomic mass is 16.3. The summed E-state index contributed by atoms with van der Waals surface area (Å²) in [6.45, 7) is 0.552. The molecule has 0 unspecified atom stereocenters. The zero-order valence-electron chi connectivity index (χ0n) is 15.0. The molecule has 0 spiro atoms. The fourth-order valence-corrected chi connectivity index (χ4v) is 3.03. The summed E-state index contributed by atoms with van der Waals surface area (Å²) in [6, 6.07) is 18.0. The van der Waals surface area contributed by atoms with E-state index in [2.05, 4.69) is 20.5 Å². The average molecular weight is 373 g/mol. The smallest absolute Gasteiger partial charge is 0.269 e. The molecule has 7 heteroatoms. The van der Waals surface area contributed by atoms with Gasteiger partial charge in [-0.2, -0.15) is 5.10 Å². The maximum absolute atomic E-state index is 12.8. The minimum absolute atomic E-state index is 0.114. The topological polar surface area (TPSA) is 95.8 Å². The van der Waals surface area contributed by atoms with Gasteiger partial charge in [0.1, 0.15) is 11.4 Å². The minimum atomic E-state index is -0.275. The summed E-state index contributed by atoms with van der Waals surface area (Å²) in [5.41, 5.74) is 2.39. The Morgan fingerprint density at radius 1 is 1.14 bits per heavy atom. The van der Waals surface area contributed by atoms with E-state index in [0.29, 0.717) is 23.5 Å². The number of amides is 1. The van der Waals surface area contributed by atoms with Crippen molar-refractivity contribution in [2.75, 3.05) is 0 Å². The Bertz CT molecular complexity index is 1060. The highest BCUT2D eigenvalue weighted by Crippen LogP contribution is 2.27. The Morgan fingerprint density at radius 3 is 2.68 bits per heavy atom. The normalized spacial score (nSPS) is 11.9. The molecule has 28 heavy (non-hydrogen) atoms. The van der Waals surface area contributed by atoms with Crippen LogP contribution in [0.25, 0.3) is 11.3 Å². The van der Waals surface area contributed by atoms with Crippen molar-refractivity contribution in [3.63, 3.8) is 0 Å². The zero-order chi connectivity index (χ0) is 19.3. The van der Waals surface area contributed by atoms with Crippen molar-refractivity contribution >= 4 is 5.91 Å². The number of nitrogens with one attached hydrogen (secondary N) is 2. The maximum Gasteiger partial charge on any atom is 0.269 e.